The second kappa shape index (κ2) is 6.73. The van der Waals surface area contributed by atoms with Crippen LogP contribution in [0.15, 0.2) is 49.1 Å². The number of para-hydroxylation sites is 1. The SMILES string of the molecule is OC1(Cn2ccnn2)CCCN(Cc2nncn2-c2ccccc2)C1. The molecule has 3 heterocycles. The maximum atomic E-state index is 11.0. The van der Waals surface area contributed by atoms with Crippen molar-refractivity contribution in [3.05, 3.63) is 54.9 Å². The Balaban J connectivity index is 1.47. The Morgan fingerprint density at radius 3 is 2.84 bits per heavy atom. The van der Waals surface area contributed by atoms with Crippen molar-refractivity contribution >= 4 is 0 Å². The van der Waals surface area contributed by atoms with Crippen LogP contribution in [0.2, 0.25) is 0 Å². The molecule has 1 atom stereocenters. The van der Waals surface area contributed by atoms with Gasteiger partial charge in [-0.15, -0.1) is 15.3 Å². The van der Waals surface area contributed by atoms with Gasteiger partial charge in [0.05, 0.1) is 24.9 Å². The summed E-state index contributed by atoms with van der Waals surface area (Å²) in [6.07, 6.45) is 6.84. The molecular weight excluding hydrogens is 318 g/mol. The summed E-state index contributed by atoms with van der Waals surface area (Å²) in [5.74, 6) is 0.871. The summed E-state index contributed by atoms with van der Waals surface area (Å²) in [5, 5.41) is 27.1. The average Bonchev–Trinajstić information content (AvgIpc) is 3.27. The number of β-amino-alcohol motifs (C(OH)–C–C–N with tert-alkyl or cyclic N) is 1. The normalized spacial score (nSPS) is 21.5. The average molecular weight is 339 g/mol. The van der Waals surface area contributed by atoms with Gasteiger partial charge in [0.25, 0.3) is 0 Å². The second-order valence-corrected chi connectivity index (χ2v) is 6.59. The minimum Gasteiger partial charge on any atom is -0.387 e. The van der Waals surface area contributed by atoms with Crippen LogP contribution >= 0.6 is 0 Å². The molecular formula is C17H21N7O. The Morgan fingerprint density at radius 1 is 1.16 bits per heavy atom. The zero-order valence-electron chi connectivity index (χ0n) is 13.9. The summed E-state index contributed by atoms with van der Waals surface area (Å²) in [4.78, 5) is 2.23. The summed E-state index contributed by atoms with van der Waals surface area (Å²) in [5.41, 5.74) is 0.237. The molecule has 0 spiro atoms. The number of rotatable bonds is 5. The highest BCUT2D eigenvalue weighted by Gasteiger charge is 2.34. The van der Waals surface area contributed by atoms with Gasteiger partial charge >= 0.3 is 0 Å². The van der Waals surface area contributed by atoms with E-state index in [0.717, 1.165) is 30.9 Å². The van der Waals surface area contributed by atoms with E-state index in [2.05, 4.69) is 25.4 Å². The van der Waals surface area contributed by atoms with Crippen LogP contribution in [0.1, 0.15) is 18.7 Å². The van der Waals surface area contributed by atoms with Gasteiger partial charge in [-0.05, 0) is 31.5 Å². The van der Waals surface area contributed by atoms with E-state index in [9.17, 15) is 5.11 Å². The van der Waals surface area contributed by atoms with Crippen molar-refractivity contribution in [2.75, 3.05) is 13.1 Å². The van der Waals surface area contributed by atoms with E-state index >= 15 is 0 Å². The van der Waals surface area contributed by atoms with Crippen molar-refractivity contribution in [1.82, 2.24) is 34.7 Å². The molecule has 25 heavy (non-hydrogen) atoms. The zero-order chi connectivity index (χ0) is 17.1. The first kappa shape index (κ1) is 15.9. The van der Waals surface area contributed by atoms with Crippen molar-refractivity contribution in [2.45, 2.75) is 31.5 Å². The first-order valence-corrected chi connectivity index (χ1v) is 8.45. The zero-order valence-corrected chi connectivity index (χ0v) is 13.9. The highest BCUT2D eigenvalue weighted by atomic mass is 16.3. The van der Waals surface area contributed by atoms with E-state index in [0.29, 0.717) is 19.6 Å². The summed E-state index contributed by atoms with van der Waals surface area (Å²) in [6, 6.07) is 10.0. The fourth-order valence-electron chi connectivity index (χ4n) is 3.46. The highest BCUT2D eigenvalue weighted by molar-refractivity contribution is 5.31. The Bertz CT molecular complexity index is 802. The molecule has 8 nitrogen and oxygen atoms in total. The number of benzene rings is 1. The predicted octanol–water partition coefficient (Wildman–Crippen LogP) is 0.886. The van der Waals surface area contributed by atoms with Crippen LogP contribution in [0.25, 0.3) is 5.69 Å². The van der Waals surface area contributed by atoms with Crippen LogP contribution in [-0.4, -0.2) is 58.5 Å². The van der Waals surface area contributed by atoms with Gasteiger partial charge in [-0.1, -0.05) is 23.4 Å². The molecule has 1 aliphatic rings. The number of aromatic nitrogens is 6. The third-order valence-electron chi connectivity index (χ3n) is 4.58. The molecule has 0 amide bonds. The van der Waals surface area contributed by atoms with Gasteiger partial charge < -0.3 is 5.11 Å². The van der Waals surface area contributed by atoms with Gasteiger partial charge in [0.2, 0.25) is 0 Å². The third-order valence-corrected chi connectivity index (χ3v) is 4.58. The quantitative estimate of drug-likeness (QED) is 0.743. The first-order valence-electron chi connectivity index (χ1n) is 8.45. The fraction of sp³-hybridized carbons (Fsp3) is 0.412. The number of nitrogens with zero attached hydrogens (tertiary/aromatic N) is 7. The van der Waals surface area contributed by atoms with Gasteiger partial charge in [-0.25, -0.2) is 4.68 Å². The van der Waals surface area contributed by atoms with Crippen molar-refractivity contribution in [3.8, 4) is 5.69 Å². The molecule has 1 aromatic carbocycles. The Kier molecular flexibility index (Phi) is 4.29. The monoisotopic (exact) mass is 339 g/mol. The molecule has 1 unspecified atom stereocenters. The standard InChI is InChI=1S/C17H21N7O/c25-17(13-23-10-8-18-21-23)7-4-9-22(12-17)11-16-20-19-14-24(16)15-5-2-1-3-6-15/h1-3,5-6,8,10,14,25H,4,7,9,11-13H2. The van der Waals surface area contributed by atoms with Crippen LogP contribution in [0.4, 0.5) is 0 Å². The minimum atomic E-state index is -0.802. The van der Waals surface area contributed by atoms with Gasteiger partial charge in [0, 0.05) is 18.4 Å². The maximum absolute atomic E-state index is 11.0. The number of piperidine rings is 1. The predicted molar refractivity (Wildman–Crippen MR) is 90.8 cm³/mol. The lowest BCUT2D eigenvalue weighted by Gasteiger charge is -2.38. The lowest BCUT2D eigenvalue weighted by molar-refractivity contribution is -0.0485. The maximum Gasteiger partial charge on any atom is 0.151 e. The molecule has 0 aliphatic carbocycles. The van der Waals surface area contributed by atoms with Gasteiger partial charge in [-0.2, -0.15) is 0 Å². The summed E-state index contributed by atoms with van der Waals surface area (Å²) < 4.78 is 3.68. The third kappa shape index (κ3) is 3.59. The molecule has 1 saturated heterocycles. The minimum absolute atomic E-state index is 0.453. The molecule has 130 valence electrons. The van der Waals surface area contributed by atoms with Gasteiger partial charge in [0.1, 0.15) is 6.33 Å². The summed E-state index contributed by atoms with van der Waals surface area (Å²) in [6.45, 7) is 2.61. The van der Waals surface area contributed by atoms with Crippen LogP contribution in [-0.2, 0) is 13.1 Å². The molecule has 0 radical (unpaired) electrons. The Labute approximate surface area is 145 Å². The summed E-state index contributed by atoms with van der Waals surface area (Å²) >= 11 is 0. The molecule has 1 fully saturated rings. The number of aliphatic hydroxyl groups is 1. The van der Waals surface area contributed by atoms with E-state index in [1.54, 1.807) is 23.4 Å². The van der Waals surface area contributed by atoms with Crippen LogP contribution < -0.4 is 0 Å². The molecule has 2 aromatic heterocycles. The Hall–Kier alpha value is -2.58. The molecule has 8 heteroatoms. The van der Waals surface area contributed by atoms with Gasteiger partial charge in [0.15, 0.2) is 5.82 Å². The van der Waals surface area contributed by atoms with Crippen LogP contribution in [0.3, 0.4) is 0 Å². The molecule has 1 N–H and O–H groups in total. The van der Waals surface area contributed by atoms with Crippen molar-refractivity contribution in [2.24, 2.45) is 0 Å². The summed E-state index contributed by atoms with van der Waals surface area (Å²) in [7, 11) is 0. The van der Waals surface area contributed by atoms with Crippen LogP contribution in [0, 0.1) is 0 Å². The molecule has 4 rings (SSSR count). The van der Waals surface area contributed by atoms with Crippen molar-refractivity contribution < 1.29 is 5.11 Å². The Morgan fingerprint density at radius 2 is 2.04 bits per heavy atom. The fourth-order valence-corrected chi connectivity index (χ4v) is 3.46. The lowest BCUT2D eigenvalue weighted by atomic mass is 9.93. The van der Waals surface area contributed by atoms with E-state index in [1.807, 2.05) is 34.9 Å². The first-order chi connectivity index (χ1) is 12.2. The van der Waals surface area contributed by atoms with E-state index < -0.39 is 5.60 Å². The highest BCUT2D eigenvalue weighted by Crippen LogP contribution is 2.24. The molecule has 0 saturated carbocycles. The largest absolute Gasteiger partial charge is 0.387 e. The number of hydrogen-bond donors (Lipinski definition) is 1. The van der Waals surface area contributed by atoms with Crippen LogP contribution in [0.5, 0.6) is 0 Å². The lowest BCUT2D eigenvalue weighted by Crippen LogP contribution is -2.50. The molecule has 1 aliphatic heterocycles. The smallest absolute Gasteiger partial charge is 0.151 e. The van der Waals surface area contributed by atoms with E-state index in [-0.39, 0.29) is 0 Å². The van der Waals surface area contributed by atoms with Gasteiger partial charge in [-0.3, -0.25) is 9.47 Å². The molecule has 3 aromatic rings. The molecule has 0 bridgehead atoms. The van der Waals surface area contributed by atoms with E-state index in [1.165, 1.54) is 0 Å². The topological polar surface area (TPSA) is 84.9 Å². The number of likely N-dealkylation sites (tertiary alicyclic amines) is 1. The number of hydrogen-bond acceptors (Lipinski definition) is 6. The van der Waals surface area contributed by atoms with Crippen molar-refractivity contribution in [1.29, 1.82) is 0 Å². The van der Waals surface area contributed by atoms with E-state index in [4.69, 9.17) is 0 Å². The van der Waals surface area contributed by atoms with Crippen molar-refractivity contribution in [3.63, 3.8) is 0 Å². The second-order valence-electron chi connectivity index (χ2n) is 6.59.